The Hall–Kier alpha value is -1.10. The van der Waals surface area contributed by atoms with Crippen LogP contribution in [0.5, 0.6) is 5.88 Å². The van der Waals surface area contributed by atoms with E-state index in [1.165, 1.54) is 4.88 Å². The highest BCUT2D eigenvalue weighted by Gasteiger charge is 2.04. The van der Waals surface area contributed by atoms with Crippen LogP contribution in [0.1, 0.15) is 10.6 Å². The average molecular weight is 283 g/mol. The highest BCUT2D eigenvalue weighted by Crippen LogP contribution is 2.18. The minimum absolute atomic E-state index is 0.626. The first-order valence-corrected chi connectivity index (χ1v) is 7.00. The van der Waals surface area contributed by atoms with E-state index in [0.29, 0.717) is 24.1 Å². The molecular weight excluding hydrogens is 268 g/mol. The summed E-state index contributed by atoms with van der Waals surface area (Å²) in [5.74, 6) is 0.626. The first-order valence-electron chi connectivity index (χ1n) is 5.75. The number of aromatic nitrogens is 1. The quantitative estimate of drug-likeness (QED) is 0.884. The number of hydrogen-bond donors (Lipinski definition) is 1. The van der Waals surface area contributed by atoms with E-state index < -0.39 is 0 Å². The van der Waals surface area contributed by atoms with Crippen LogP contribution in [-0.2, 0) is 13.0 Å². The average Bonchev–Trinajstić information content (AvgIpc) is 2.87. The third-order valence-electron chi connectivity index (χ3n) is 2.42. The Labute approximate surface area is 116 Å². The molecule has 0 amide bonds. The van der Waals surface area contributed by atoms with Gasteiger partial charge in [0.1, 0.15) is 0 Å². The van der Waals surface area contributed by atoms with Crippen LogP contribution in [0.2, 0.25) is 5.02 Å². The lowest BCUT2D eigenvalue weighted by Crippen LogP contribution is -2.09. The van der Waals surface area contributed by atoms with Crippen molar-refractivity contribution in [1.82, 2.24) is 10.3 Å². The highest BCUT2D eigenvalue weighted by atomic mass is 35.5. The van der Waals surface area contributed by atoms with E-state index in [0.717, 1.165) is 12.1 Å². The molecule has 0 aromatic carbocycles. The molecule has 0 aliphatic heterocycles. The van der Waals surface area contributed by atoms with E-state index in [-0.39, 0.29) is 0 Å². The van der Waals surface area contributed by atoms with Gasteiger partial charge in [0.25, 0.3) is 0 Å². The standard InChI is InChI=1S/C13H15ClN2OS/c1-15-9-12-11(14)4-5-13(16-12)17-7-6-10-3-2-8-18-10/h2-5,8,15H,6-7,9H2,1H3. The fourth-order valence-corrected chi connectivity index (χ4v) is 2.41. The number of hydrogen-bond acceptors (Lipinski definition) is 4. The van der Waals surface area contributed by atoms with Crippen molar-refractivity contribution in [2.45, 2.75) is 13.0 Å². The molecule has 5 heteroatoms. The molecule has 2 aromatic heterocycles. The van der Waals surface area contributed by atoms with Crippen molar-refractivity contribution in [3.05, 3.63) is 45.2 Å². The van der Waals surface area contributed by atoms with E-state index in [1.54, 1.807) is 17.4 Å². The van der Waals surface area contributed by atoms with Crippen LogP contribution in [0.3, 0.4) is 0 Å². The topological polar surface area (TPSA) is 34.2 Å². The Morgan fingerprint density at radius 1 is 1.39 bits per heavy atom. The second-order valence-electron chi connectivity index (χ2n) is 3.79. The minimum atomic E-state index is 0.626. The maximum absolute atomic E-state index is 6.03. The van der Waals surface area contributed by atoms with Crippen molar-refractivity contribution < 1.29 is 4.74 Å². The number of rotatable bonds is 6. The summed E-state index contributed by atoms with van der Waals surface area (Å²) in [7, 11) is 1.86. The summed E-state index contributed by atoms with van der Waals surface area (Å²) in [4.78, 5) is 5.69. The maximum atomic E-state index is 6.03. The van der Waals surface area contributed by atoms with E-state index in [4.69, 9.17) is 16.3 Å². The van der Waals surface area contributed by atoms with Crippen LogP contribution in [0.25, 0.3) is 0 Å². The molecule has 2 aromatic rings. The molecule has 18 heavy (non-hydrogen) atoms. The second-order valence-corrected chi connectivity index (χ2v) is 5.23. The molecule has 2 heterocycles. The molecule has 0 fully saturated rings. The van der Waals surface area contributed by atoms with E-state index >= 15 is 0 Å². The van der Waals surface area contributed by atoms with Gasteiger partial charge in [0.2, 0.25) is 5.88 Å². The van der Waals surface area contributed by atoms with Gasteiger partial charge in [-0.15, -0.1) is 11.3 Å². The predicted molar refractivity (Wildman–Crippen MR) is 75.5 cm³/mol. The molecule has 0 spiro atoms. The zero-order valence-electron chi connectivity index (χ0n) is 10.1. The van der Waals surface area contributed by atoms with Gasteiger partial charge in [-0.05, 0) is 24.6 Å². The summed E-state index contributed by atoms with van der Waals surface area (Å²) in [6.45, 7) is 1.27. The van der Waals surface area contributed by atoms with Crippen LogP contribution in [0.4, 0.5) is 0 Å². The van der Waals surface area contributed by atoms with Crippen molar-refractivity contribution in [3.8, 4) is 5.88 Å². The van der Waals surface area contributed by atoms with Crippen LogP contribution < -0.4 is 10.1 Å². The second kappa shape index (κ2) is 6.73. The number of halogens is 1. The summed E-state index contributed by atoms with van der Waals surface area (Å²) >= 11 is 7.77. The van der Waals surface area contributed by atoms with Crippen molar-refractivity contribution in [3.63, 3.8) is 0 Å². The van der Waals surface area contributed by atoms with Crippen molar-refractivity contribution in [2.75, 3.05) is 13.7 Å². The molecule has 0 radical (unpaired) electrons. The van der Waals surface area contributed by atoms with Crippen LogP contribution >= 0.6 is 22.9 Å². The van der Waals surface area contributed by atoms with E-state index in [1.807, 2.05) is 19.2 Å². The van der Waals surface area contributed by atoms with E-state index in [2.05, 4.69) is 21.7 Å². The lowest BCUT2D eigenvalue weighted by molar-refractivity contribution is 0.309. The van der Waals surface area contributed by atoms with Gasteiger partial charge >= 0.3 is 0 Å². The van der Waals surface area contributed by atoms with Crippen LogP contribution in [0, 0.1) is 0 Å². The third-order valence-corrected chi connectivity index (χ3v) is 3.70. The van der Waals surface area contributed by atoms with Gasteiger partial charge in [-0.1, -0.05) is 17.7 Å². The number of ether oxygens (including phenoxy) is 1. The molecule has 1 N–H and O–H groups in total. The van der Waals surface area contributed by atoms with Gasteiger partial charge in [-0.3, -0.25) is 0 Å². The zero-order chi connectivity index (χ0) is 12.8. The fourth-order valence-electron chi connectivity index (χ4n) is 1.55. The molecule has 2 rings (SSSR count). The van der Waals surface area contributed by atoms with Gasteiger partial charge in [0.05, 0.1) is 17.3 Å². The molecule has 96 valence electrons. The van der Waals surface area contributed by atoms with E-state index in [9.17, 15) is 0 Å². The molecule has 0 bridgehead atoms. The number of thiophene rings is 1. The lowest BCUT2D eigenvalue weighted by atomic mass is 10.3. The molecule has 0 saturated heterocycles. The third kappa shape index (κ3) is 3.70. The lowest BCUT2D eigenvalue weighted by Gasteiger charge is -2.07. The first-order chi connectivity index (χ1) is 8.79. The summed E-state index contributed by atoms with van der Waals surface area (Å²) in [6, 6.07) is 7.78. The van der Waals surface area contributed by atoms with Gasteiger partial charge in [0.15, 0.2) is 0 Å². The Kier molecular flexibility index (Phi) is 4.99. The Bertz CT molecular complexity index is 488. The number of pyridine rings is 1. The van der Waals surface area contributed by atoms with Crippen molar-refractivity contribution >= 4 is 22.9 Å². The summed E-state index contributed by atoms with van der Waals surface area (Å²) in [6.07, 6.45) is 0.906. The largest absolute Gasteiger partial charge is 0.477 e. The van der Waals surface area contributed by atoms with Gasteiger partial charge in [0, 0.05) is 23.9 Å². The van der Waals surface area contributed by atoms with Crippen LogP contribution in [0.15, 0.2) is 29.6 Å². The number of nitrogens with zero attached hydrogens (tertiary/aromatic N) is 1. The Morgan fingerprint density at radius 3 is 3.00 bits per heavy atom. The summed E-state index contributed by atoms with van der Waals surface area (Å²) in [5.41, 5.74) is 0.813. The molecule has 3 nitrogen and oxygen atoms in total. The van der Waals surface area contributed by atoms with Crippen molar-refractivity contribution in [1.29, 1.82) is 0 Å². The van der Waals surface area contributed by atoms with Crippen molar-refractivity contribution in [2.24, 2.45) is 0 Å². The monoisotopic (exact) mass is 282 g/mol. The molecule has 0 atom stereocenters. The normalized spacial score (nSPS) is 10.6. The predicted octanol–water partition coefficient (Wildman–Crippen LogP) is 3.14. The minimum Gasteiger partial charge on any atom is -0.477 e. The molecule has 0 unspecified atom stereocenters. The van der Waals surface area contributed by atoms with Gasteiger partial charge in [-0.2, -0.15) is 0 Å². The maximum Gasteiger partial charge on any atom is 0.213 e. The number of nitrogens with one attached hydrogen (secondary N) is 1. The Morgan fingerprint density at radius 2 is 2.28 bits per heavy atom. The summed E-state index contributed by atoms with van der Waals surface area (Å²) < 4.78 is 5.63. The smallest absolute Gasteiger partial charge is 0.213 e. The Balaban J connectivity index is 1.90. The van der Waals surface area contributed by atoms with Crippen LogP contribution in [-0.4, -0.2) is 18.6 Å². The first kappa shape index (κ1) is 13.3. The fraction of sp³-hybridized carbons (Fsp3) is 0.308. The molecular formula is C13H15ClN2OS. The highest BCUT2D eigenvalue weighted by molar-refractivity contribution is 7.09. The molecule has 0 aliphatic rings. The van der Waals surface area contributed by atoms with Gasteiger partial charge in [-0.25, -0.2) is 4.98 Å². The molecule has 0 saturated carbocycles. The summed E-state index contributed by atoms with van der Waals surface area (Å²) in [5, 5.41) is 5.76. The zero-order valence-corrected chi connectivity index (χ0v) is 11.7. The SMILES string of the molecule is CNCc1nc(OCCc2cccs2)ccc1Cl. The van der Waals surface area contributed by atoms with Gasteiger partial charge < -0.3 is 10.1 Å². The molecule has 0 aliphatic carbocycles.